The molecule has 0 unspecified atom stereocenters. The molecule has 0 fully saturated rings. The summed E-state index contributed by atoms with van der Waals surface area (Å²) in [5, 5.41) is 11.6. The SMILES string of the molecule is O=C(O)c1ccc(CNC(=O)c2ccc3c(c2)OCO3)cc1. The van der Waals surface area contributed by atoms with Crippen molar-refractivity contribution in [3.8, 4) is 11.5 Å². The lowest BCUT2D eigenvalue weighted by molar-refractivity contribution is 0.0696. The molecular weight excluding hydrogens is 286 g/mol. The number of carbonyl (C=O) groups is 2. The van der Waals surface area contributed by atoms with Crippen molar-refractivity contribution in [2.75, 3.05) is 6.79 Å². The molecule has 22 heavy (non-hydrogen) atoms. The third kappa shape index (κ3) is 2.85. The number of carboxylic acid groups (broad SMARTS) is 1. The maximum absolute atomic E-state index is 12.1. The van der Waals surface area contributed by atoms with Crippen molar-refractivity contribution in [3.63, 3.8) is 0 Å². The minimum atomic E-state index is -0.976. The van der Waals surface area contributed by atoms with Crippen LogP contribution in [0.3, 0.4) is 0 Å². The number of ether oxygens (including phenoxy) is 2. The number of aromatic carboxylic acids is 1. The molecule has 0 aromatic heterocycles. The Labute approximate surface area is 126 Å². The average Bonchev–Trinajstić information content (AvgIpc) is 3.00. The standard InChI is InChI=1S/C16H13NO5/c18-15(12-5-6-13-14(7-12)22-9-21-13)17-8-10-1-3-11(4-2-10)16(19)20/h1-7H,8-9H2,(H,17,18)(H,19,20). The Morgan fingerprint density at radius 3 is 2.41 bits per heavy atom. The molecule has 0 saturated heterocycles. The molecule has 1 amide bonds. The maximum Gasteiger partial charge on any atom is 0.335 e. The van der Waals surface area contributed by atoms with Crippen molar-refractivity contribution >= 4 is 11.9 Å². The van der Waals surface area contributed by atoms with Gasteiger partial charge in [-0.3, -0.25) is 4.79 Å². The second kappa shape index (κ2) is 5.77. The van der Waals surface area contributed by atoms with Gasteiger partial charge in [0.05, 0.1) is 5.56 Å². The number of rotatable bonds is 4. The van der Waals surface area contributed by atoms with Crippen LogP contribution in [-0.2, 0) is 6.54 Å². The van der Waals surface area contributed by atoms with Crippen LogP contribution in [0.25, 0.3) is 0 Å². The van der Waals surface area contributed by atoms with Crippen LogP contribution in [0.2, 0.25) is 0 Å². The summed E-state index contributed by atoms with van der Waals surface area (Å²) in [6.07, 6.45) is 0. The van der Waals surface area contributed by atoms with E-state index in [1.54, 1.807) is 30.3 Å². The molecule has 3 rings (SSSR count). The Morgan fingerprint density at radius 2 is 1.68 bits per heavy atom. The van der Waals surface area contributed by atoms with Crippen LogP contribution in [0.5, 0.6) is 11.5 Å². The summed E-state index contributed by atoms with van der Waals surface area (Å²) in [6.45, 7) is 0.476. The Hall–Kier alpha value is -3.02. The van der Waals surface area contributed by atoms with Gasteiger partial charge in [0.25, 0.3) is 5.91 Å². The predicted molar refractivity (Wildman–Crippen MR) is 77.1 cm³/mol. The van der Waals surface area contributed by atoms with Crippen LogP contribution in [0, 0.1) is 0 Å². The second-order valence-electron chi connectivity index (χ2n) is 4.75. The highest BCUT2D eigenvalue weighted by Gasteiger charge is 2.16. The van der Waals surface area contributed by atoms with Gasteiger partial charge in [0.2, 0.25) is 6.79 Å². The molecule has 1 heterocycles. The normalized spacial score (nSPS) is 12.0. The molecule has 0 aliphatic carbocycles. The molecule has 6 heteroatoms. The largest absolute Gasteiger partial charge is 0.478 e. The first kappa shape index (κ1) is 13.9. The number of amides is 1. The minimum Gasteiger partial charge on any atom is -0.478 e. The molecule has 1 aliphatic rings. The molecule has 0 atom stereocenters. The first-order chi connectivity index (χ1) is 10.6. The highest BCUT2D eigenvalue weighted by atomic mass is 16.7. The van der Waals surface area contributed by atoms with Crippen LogP contribution >= 0.6 is 0 Å². The summed E-state index contributed by atoms with van der Waals surface area (Å²) in [4.78, 5) is 22.9. The maximum atomic E-state index is 12.1. The summed E-state index contributed by atoms with van der Waals surface area (Å²) in [7, 11) is 0. The zero-order chi connectivity index (χ0) is 15.5. The monoisotopic (exact) mass is 299 g/mol. The van der Waals surface area contributed by atoms with Gasteiger partial charge < -0.3 is 19.9 Å². The van der Waals surface area contributed by atoms with E-state index in [-0.39, 0.29) is 18.3 Å². The predicted octanol–water partition coefficient (Wildman–Crippen LogP) is 2.04. The van der Waals surface area contributed by atoms with E-state index in [1.165, 1.54) is 12.1 Å². The molecule has 2 aromatic carbocycles. The molecule has 2 N–H and O–H groups in total. The lowest BCUT2D eigenvalue weighted by Crippen LogP contribution is -2.22. The fourth-order valence-electron chi connectivity index (χ4n) is 2.09. The van der Waals surface area contributed by atoms with E-state index in [0.29, 0.717) is 23.6 Å². The van der Waals surface area contributed by atoms with Crippen molar-refractivity contribution in [2.45, 2.75) is 6.54 Å². The smallest absolute Gasteiger partial charge is 0.335 e. The van der Waals surface area contributed by atoms with E-state index >= 15 is 0 Å². The number of carbonyl (C=O) groups excluding carboxylic acids is 1. The summed E-state index contributed by atoms with van der Waals surface area (Å²) in [5.41, 5.74) is 1.51. The Kier molecular flexibility index (Phi) is 3.65. The Morgan fingerprint density at radius 1 is 1.00 bits per heavy atom. The van der Waals surface area contributed by atoms with Crippen molar-refractivity contribution < 1.29 is 24.2 Å². The first-order valence-corrected chi connectivity index (χ1v) is 6.63. The lowest BCUT2D eigenvalue weighted by atomic mass is 10.1. The van der Waals surface area contributed by atoms with Crippen molar-refractivity contribution in [1.29, 1.82) is 0 Å². The summed E-state index contributed by atoms with van der Waals surface area (Å²) < 4.78 is 10.4. The van der Waals surface area contributed by atoms with Crippen LogP contribution < -0.4 is 14.8 Å². The molecule has 6 nitrogen and oxygen atoms in total. The van der Waals surface area contributed by atoms with Gasteiger partial charge in [0.1, 0.15) is 0 Å². The fourth-order valence-corrected chi connectivity index (χ4v) is 2.09. The zero-order valence-electron chi connectivity index (χ0n) is 11.5. The van der Waals surface area contributed by atoms with Crippen LogP contribution in [0.4, 0.5) is 0 Å². The van der Waals surface area contributed by atoms with Gasteiger partial charge in [0.15, 0.2) is 11.5 Å². The molecule has 0 saturated carbocycles. The summed E-state index contributed by atoms with van der Waals surface area (Å²) in [5.74, 6) is -0.0316. The van der Waals surface area contributed by atoms with Gasteiger partial charge in [-0.2, -0.15) is 0 Å². The Balaban J connectivity index is 1.63. The van der Waals surface area contributed by atoms with Gasteiger partial charge in [-0.25, -0.2) is 4.79 Å². The van der Waals surface area contributed by atoms with E-state index < -0.39 is 5.97 Å². The molecule has 1 aliphatic heterocycles. The molecule has 2 aromatic rings. The van der Waals surface area contributed by atoms with E-state index in [9.17, 15) is 9.59 Å². The topological polar surface area (TPSA) is 84.9 Å². The van der Waals surface area contributed by atoms with Gasteiger partial charge in [0, 0.05) is 12.1 Å². The third-order valence-electron chi connectivity index (χ3n) is 3.29. The van der Waals surface area contributed by atoms with Crippen LogP contribution in [-0.4, -0.2) is 23.8 Å². The second-order valence-corrected chi connectivity index (χ2v) is 4.75. The van der Waals surface area contributed by atoms with Crippen molar-refractivity contribution in [1.82, 2.24) is 5.32 Å². The highest BCUT2D eigenvalue weighted by molar-refractivity contribution is 5.95. The zero-order valence-corrected chi connectivity index (χ0v) is 11.5. The van der Waals surface area contributed by atoms with Crippen molar-refractivity contribution in [3.05, 3.63) is 59.2 Å². The third-order valence-corrected chi connectivity index (χ3v) is 3.29. The molecule has 0 spiro atoms. The number of carboxylic acids is 1. The highest BCUT2D eigenvalue weighted by Crippen LogP contribution is 2.32. The van der Waals surface area contributed by atoms with Crippen LogP contribution in [0.15, 0.2) is 42.5 Å². The van der Waals surface area contributed by atoms with Gasteiger partial charge in [-0.15, -0.1) is 0 Å². The van der Waals surface area contributed by atoms with E-state index in [2.05, 4.69) is 5.32 Å². The lowest BCUT2D eigenvalue weighted by Gasteiger charge is -2.06. The van der Waals surface area contributed by atoms with Crippen molar-refractivity contribution in [2.24, 2.45) is 0 Å². The number of hydrogen-bond donors (Lipinski definition) is 2. The van der Waals surface area contributed by atoms with E-state index in [0.717, 1.165) is 5.56 Å². The van der Waals surface area contributed by atoms with Gasteiger partial charge in [-0.1, -0.05) is 12.1 Å². The quantitative estimate of drug-likeness (QED) is 0.902. The molecule has 112 valence electrons. The average molecular weight is 299 g/mol. The summed E-state index contributed by atoms with van der Waals surface area (Å²) in [6, 6.07) is 11.3. The summed E-state index contributed by atoms with van der Waals surface area (Å²) >= 11 is 0. The molecule has 0 bridgehead atoms. The molecule has 0 radical (unpaired) electrons. The van der Waals surface area contributed by atoms with Gasteiger partial charge in [-0.05, 0) is 35.9 Å². The van der Waals surface area contributed by atoms with Crippen LogP contribution in [0.1, 0.15) is 26.3 Å². The van der Waals surface area contributed by atoms with E-state index in [1.807, 2.05) is 0 Å². The number of benzene rings is 2. The number of fused-ring (bicyclic) bond motifs is 1. The Bertz CT molecular complexity index is 724. The van der Waals surface area contributed by atoms with Gasteiger partial charge >= 0.3 is 5.97 Å². The number of nitrogens with one attached hydrogen (secondary N) is 1. The minimum absolute atomic E-state index is 0.163. The fraction of sp³-hybridized carbons (Fsp3) is 0.125. The molecular formula is C16H13NO5. The number of hydrogen-bond acceptors (Lipinski definition) is 4. The van der Waals surface area contributed by atoms with E-state index in [4.69, 9.17) is 14.6 Å². The first-order valence-electron chi connectivity index (χ1n) is 6.63.